The molecule has 2 aromatic heterocycles. The summed E-state index contributed by atoms with van der Waals surface area (Å²) in [5.41, 5.74) is 6.99. The van der Waals surface area contributed by atoms with E-state index in [1.165, 1.54) is 6.33 Å². The smallest absolute Gasteiger partial charge is 0.410 e. The molecular weight excluding hydrogens is 296 g/mol. The number of anilines is 1. The van der Waals surface area contributed by atoms with Gasteiger partial charge < -0.3 is 15.4 Å². The fraction of sp³-hybridized carbons (Fsp3) is 0.600. The summed E-state index contributed by atoms with van der Waals surface area (Å²) < 4.78 is 7.20. The van der Waals surface area contributed by atoms with E-state index >= 15 is 0 Å². The second-order valence-corrected chi connectivity index (χ2v) is 6.98. The van der Waals surface area contributed by atoms with E-state index in [2.05, 4.69) is 15.1 Å². The van der Waals surface area contributed by atoms with Crippen LogP contribution in [-0.2, 0) is 11.3 Å². The van der Waals surface area contributed by atoms with Crippen molar-refractivity contribution in [3.05, 3.63) is 12.0 Å². The third-order valence-corrected chi connectivity index (χ3v) is 3.77. The number of likely N-dealkylation sites (tertiary alicyclic amines) is 1. The van der Waals surface area contributed by atoms with Crippen LogP contribution >= 0.6 is 0 Å². The molecule has 124 valence electrons. The molecule has 2 aromatic rings. The molecule has 8 nitrogen and oxygen atoms in total. The number of rotatable bonds is 2. The summed E-state index contributed by atoms with van der Waals surface area (Å²) in [6.45, 7) is 9.51. The van der Waals surface area contributed by atoms with E-state index in [1.807, 2.05) is 32.4 Å². The number of carbonyl (C=O) groups excluding carboxylic acids is 1. The number of aryl methyl sites for hydroxylation is 1. The summed E-state index contributed by atoms with van der Waals surface area (Å²) in [6.07, 6.45) is 1.19. The quantitative estimate of drug-likeness (QED) is 0.902. The van der Waals surface area contributed by atoms with E-state index in [4.69, 9.17) is 10.5 Å². The van der Waals surface area contributed by atoms with Gasteiger partial charge in [-0.1, -0.05) is 0 Å². The summed E-state index contributed by atoms with van der Waals surface area (Å²) in [5, 5.41) is 5.30. The van der Waals surface area contributed by atoms with Crippen molar-refractivity contribution in [3.63, 3.8) is 0 Å². The van der Waals surface area contributed by atoms with Crippen molar-refractivity contribution in [1.82, 2.24) is 24.6 Å². The van der Waals surface area contributed by atoms with E-state index in [-0.39, 0.29) is 6.09 Å². The van der Waals surface area contributed by atoms with Gasteiger partial charge in [0.15, 0.2) is 5.65 Å². The summed E-state index contributed by atoms with van der Waals surface area (Å²) in [6, 6.07) is 0. The van der Waals surface area contributed by atoms with Crippen LogP contribution < -0.4 is 5.73 Å². The minimum Gasteiger partial charge on any atom is -0.444 e. The molecule has 23 heavy (non-hydrogen) atoms. The third-order valence-electron chi connectivity index (χ3n) is 3.77. The highest BCUT2D eigenvalue weighted by atomic mass is 16.6. The molecule has 1 aliphatic heterocycles. The van der Waals surface area contributed by atoms with Crippen LogP contribution in [0.4, 0.5) is 10.6 Å². The summed E-state index contributed by atoms with van der Waals surface area (Å²) in [5.74, 6) is 0.781. The van der Waals surface area contributed by atoms with Gasteiger partial charge in [0.05, 0.1) is 11.1 Å². The molecular formula is C15H22N6O2. The van der Waals surface area contributed by atoms with Gasteiger partial charge in [-0.15, -0.1) is 0 Å². The second-order valence-electron chi connectivity index (χ2n) is 6.98. The van der Waals surface area contributed by atoms with E-state index in [0.29, 0.717) is 31.4 Å². The predicted molar refractivity (Wildman–Crippen MR) is 85.8 cm³/mol. The maximum atomic E-state index is 11.9. The minimum atomic E-state index is -0.466. The lowest BCUT2D eigenvalue weighted by Crippen LogP contribution is -2.52. The number of nitrogen functional groups attached to an aromatic ring is 1. The number of hydrogen-bond acceptors (Lipinski definition) is 6. The Labute approximate surface area is 134 Å². The van der Waals surface area contributed by atoms with Crippen LogP contribution in [0, 0.1) is 12.8 Å². The maximum Gasteiger partial charge on any atom is 0.410 e. The molecule has 0 atom stereocenters. The highest BCUT2D eigenvalue weighted by Gasteiger charge is 2.34. The second kappa shape index (κ2) is 5.36. The fourth-order valence-corrected chi connectivity index (χ4v) is 2.74. The van der Waals surface area contributed by atoms with Crippen LogP contribution in [-0.4, -0.2) is 49.4 Å². The van der Waals surface area contributed by atoms with E-state index in [1.54, 1.807) is 4.90 Å². The largest absolute Gasteiger partial charge is 0.444 e. The Bertz CT molecular complexity index is 742. The molecule has 8 heteroatoms. The van der Waals surface area contributed by atoms with Crippen LogP contribution in [0.2, 0.25) is 0 Å². The van der Waals surface area contributed by atoms with Gasteiger partial charge in [0.1, 0.15) is 17.7 Å². The zero-order chi connectivity index (χ0) is 16.8. The van der Waals surface area contributed by atoms with Crippen molar-refractivity contribution >= 4 is 22.9 Å². The standard InChI is InChI=1S/C15H22N6O2/c1-9-11-12(16)17-8-18-13(11)21(19-9)7-10-5-20(6-10)14(22)23-15(2,3)4/h8,10H,5-7H2,1-4H3,(H2,16,17,18). The zero-order valence-electron chi connectivity index (χ0n) is 13.9. The van der Waals surface area contributed by atoms with Gasteiger partial charge in [0.2, 0.25) is 0 Å². The van der Waals surface area contributed by atoms with Gasteiger partial charge in [0.25, 0.3) is 0 Å². The molecule has 0 bridgehead atoms. The highest BCUT2D eigenvalue weighted by molar-refractivity contribution is 5.87. The first kappa shape index (κ1) is 15.5. The number of nitrogens with two attached hydrogens (primary N) is 1. The van der Waals surface area contributed by atoms with Gasteiger partial charge in [-0.2, -0.15) is 5.10 Å². The highest BCUT2D eigenvalue weighted by Crippen LogP contribution is 2.24. The molecule has 1 fully saturated rings. The first-order chi connectivity index (χ1) is 10.7. The Balaban J connectivity index is 1.65. The molecule has 1 saturated heterocycles. The van der Waals surface area contributed by atoms with Crippen molar-refractivity contribution in [2.75, 3.05) is 18.8 Å². The molecule has 0 unspecified atom stereocenters. The first-order valence-corrected chi connectivity index (χ1v) is 7.66. The Morgan fingerprint density at radius 1 is 1.39 bits per heavy atom. The zero-order valence-corrected chi connectivity index (χ0v) is 13.9. The van der Waals surface area contributed by atoms with Gasteiger partial charge in [-0.05, 0) is 27.7 Å². The normalized spacial score (nSPS) is 15.7. The van der Waals surface area contributed by atoms with Crippen molar-refractivity contribution in [3.8, 4) is 0 Å². The number of carbonyl (C=O) groups is 1. The van der Waals surface area contributed by atoms with Crippen molar-refractivity contribution in [2.24, 2.45) is 5.92 Å². The number of aromatic nitrogens is 4. The first-order valence-electron chi connectivity index (χ1n) is 7.66. The van der Waals surface area contributed by atoms with E-state index in [9.17, 15) is 4.79 Å². The summed E-state index contributed by atoms with van der Waals surface area (Å²) >= 11 is 0. The van der Waals surface area contributed by atoms with Gasteiger partial charge >= 0.3 is 6.09 Å². The lowest BCUT2D eigenvalue weighted by Gasteiger charge is -2.39. The Kier molecular flexibility index (Phi) is 3.62. The summed E-state index contributed by atoms with van der Waals surface area (Å²) in [7, 11) is 0. The average Bonchev–Trinajstić information content (AvgIpc) is 2.69. The lowest BCUT2D eigenvalue weighted by atomic mass is 10.0. The van der Waals surface area contributed by atoms with Crippen LogP contribution in [0.5, 0.6) is 0 Å². The minimum absolute atomic E-state index is 0.262. The number of nitrogens with zero attached hydrogens (tertiary/aromatic N) is 5. The van der Waals surface area contributed by atoms with Gasteiger partial charge in [0, 0.05) is 25.6 Å². The maximum absolute atomic E-state index is 11.9. The molecule has 0 aromatic carbocycles. The van der Waals surface area contributed by atoms with E-state index < -0.39 is 5.60 Å². The number of hydrogen-bond donors (Lipinski definition) is 1. The molecule has 0 saturated carbocycles. The lowest BCUT2D eigenvalue weighted by molar-refractivity contribution is -0.00367. The SMILES string of the molecule is Cc1nn(CC2CN(C(=O)OC(C)(C)C)C2)c2ncnc(N)c12. The molecule has 0 radical (unpaired) electrons. The van der Waals surface area contributed by atoms with Crippen LogP contribution in [0.1, 0.15) is 26.5 Å². The van der Waals surface area contributed by atoms with Crippen molar-refractivity contribution in [1.29, 1.82) is 0 Å². The van der Waals surface area contributed by atoms with Gasteiger partial charge in [-0.3, -0.25) is 0 Å². The van der Waals surface area contributed by atoms with Gasteiger partial charge in [-0.25, -0.2) is 19.4 Å². The monoisotopic (exact) mass is 318 g/mol. The molecule has 1 aliphatic rings. The number of ether oxygens (including phenoxy) is 1. The predicted octanol–water partition coefficient (Wildman–Crippen LogP) is 1.58. The fourth-order valence-electron chi connectivity index (χ4n) is 2.74. The molecule has 3 rings (SSSR count). The molecule has 3 heterocycles. The Hall–Kier alpha value is -2.38. The number of amides is 1. The molecule has 1 amide bonds. The third kappa shape index (κ3) is 3.06. The van der Waals surface area contributed by atoms with Crippen molar-refractivity contribution < 1.29 is 9.53 Å². The summed E-state index contributed by atoms with van der Waals surface area (Å²) in [4.78, 5) is 21.9. The average molecular weight is 318 g/mol. The van der Waals surface area contributed by atoms with Crippen LogP contribution in [0.3, 0.4) is 0 Å². The molecule has 0 aliphatic carbocycles. The molecule has 0 spiro atoms. The topological polar surface area (TPSA) is 99.2 Å². The Morgan fingerprint density at radius 2 is 2.09 bits per heavy atom. The molecule has 2 N–H and O–H groups in total. The Morgan fingerprint density at radius 3 is 2.74 bits per heavy atom. The van der Waals surface area contributed by atoms with Crippen molar-refractivity contribution in [2.45, 2.75) is 39.8 Å². The number of fused-ring (bicyclic) bond motifs is 1. The van der Waals surface area contributed by atoms with E-state index in [0.717, 1.165) is 16.7 Å². The van der Waals surface area contributed by atoms with Crippen LogP contribution in [0.15, 0.2) is 6.33 Å². The van der Waals surface area contributed by atoms with Crippen LogP contribution in [0.25, 0.3) is 11.0 Å².